The van der Waals surface area contributed by atoms with Crippen LogP contribution in [0, 0.1) is 13.8 Å². The zero-order chi connectivity index (χ0) is 19.0. The molecule has 4 rings (SSSR count). The highest BCUT2D eigenvalue weighted by molar-refractivity contribution is 6.04. The molecule has 3 N–H and O–H groups in total. The van der Waals surface area contributed by atoms with Gasteiger partial charge in [-0.15, -0.1) is 0 Å². The van der Waals surface area contributed by atoms with Gasteiger partial charge in [-0.3, -0.25) is 4.79 Å². The van der Waals surface area contributed by atoms with E-state index < -0.39 is 0 Å². The average Bonchev–Trinajstić information content (AvgIpc) is 3.09. The van der Waals surface area contributed by atoms with Gasteiger partial charge in [0.1, 0.15) is 17.3 Å². The number of pyridine rings is 2. The third-order valence-corrected chi connectivity index (χ3v) is 4.50. The molecule has 0 aliphatic rings. The molecular formula is C21H19N5O. The number of nitrogens with one attached hydrogen (secondary N) is 1. The van der Waals surface area contributed by atoms with E-state index in [4.69, 9.17) is 5.73 Å². The lowest BCUT2D eigenvalue weighted by molar-refractivity contribution is 0.102. The number of hydrogen-bond acceptors (Lipinski definition) is 4. The van der Waals surface area contributed by atoms with Gasteiger partial charge in [0.25, 0.3) is 5.91 Å². The predicted molar refractivity (Wildman–Crippen MR) is 107 cm³/mol. The van der Waals surface area contributed by atoms with Crippen LogP contribution in [0.15, 0.2) is 61.1 Å². The maximum Gasteiger partial charge on any atom is 0.256 e. The van der Waals surface area contributed by atoms with E-state index in [2.05, 4.69) is 15.3 Å². The second-order valence-electron chi connectivity index (χ2n) is 6.51. The smallest absolute Gasteiger partial charge is 0.256 e. The first-order valence-corrected chi connectivity index (χ1v) is 8.59. The Kier molecular flexibility index (Phi) is 4.08. The molecule has 0 radical (unpaired) electrons. The fourth-order valence-electron chi connectivity index (χ4n) is 3.02. The summed E-state index contributed by atoms with van der Waals surface area (Å²) in [5.74, 6) is 0.557. The van der Waals surface area contributed by atoms with Crippen LogP contribution in [-0.4, -0.2) is 20.3 Å². The Morgan fingerprint density at radius 1 is 1.07 bits per heavy atom. The third-order valence-electron chi connectivity index (χ3n) is 4.50. The number of rotatable bonds is 3. The molecule has 0 fully saturated rings. The fraction of sp³-hybridized carbons (Fsp3) is 0.0952. The summed E-state index contributed by atoms with van der Waals surface area (Å²) in [5.41, 5.74) is 11.5. The van der Waals surface area contributed by atoms with Crippen molar-refractivity contribution in [3.05, 3.63) is 77.7 Å². The molecule has 3 heterocycles. The van der Waals surface area contributed by atoms with Crippen LogP contribution < -0.4 is 11.1 Å². The van der Waals surface area contributed by atoms with E-state index in [1.165, 1.54) is 0 Å². The van der Waals surface area contributed by atoms with Crippen molar-refractivity contribution in [2.45, 2.75) is 13.8 Å². The first-order valence-electron chi connectivity index (χ1n) is 8.59. The Bertz CT molecular complexity index is 1150. The van der Waals surface area contributed by atoms with Crippen molar-refractivity contribution >= 4 is 23.2 Å². The molecule has 0 saturated heterocycles. The summed E-state index contributed by atoms with van der Waals surface area (Å²) in [4.78, 5) is 21.0. The van der Waals surface area contributed by atoms with Crippen LogP contribution in [0.4, 0.5) is 11.6 Å². The van der Waals surface area contributed by atoms with Crippen molar-refractivity contribution < 1.29 is 4.79 Å². The predicted octanol–water partition coefficient (Wildman–Crippen LogP) is 3.85. The number of imidazole rings is 1. The molecule has 1 aromatic carbocycles. The number of anilines is 2. The molecule has 3 aromatic heterocycles. The molecule has 4 aromatic rings. The summed E-state index contributed by atoms with van der Waals surface area (Å²) in [6.45, 7) is 3.99. The van der Waals surface area contributed by atoms with Crippen molar-refractivity contribution in [3.63, 3.8) is 0 Å². The minimum atomic E-state index is -0.218. The van der Waals surface area contributed by atoms with Gasteiger partial charge >= 0.3 is 0 Å². The van der Waals surface area contributed by atoms with E-state index in [0.29, 0.717) is 17.2 Å². The van der Waals surface area contributed by atoms with Gasteiger partial charge < -0.3 is 15.5 Å². The van der Waals surface area contributed by atoms with Crippen LogP contribution in [0.2, 0.25) is 0 Å². The van der Waals surface area contributed by atoms with Crippen molar-refractivity contribution in [2.24, 2.45) is 0 Å². The van der Waals surface area contributed by atoms with Gasteiger partial charge in [0.15, 0.2) is 0 Å². The first kappa shape index (κ1) is 16.8. The molecule has 134 valence electrons. The van der Waals surface area contributed by atoms with Crippen molar-refractivity contribution in [3.8, 4) is 11.1 Å². The minimum absolute atomic E-state index is 0.218. The summed E-state index contributed by atoms with van der Waals surface area (Å²) in [5, 5.41) is 2.79. The van der Waals surface area contributed by atoms with Gasteiger partial charge in [0.2, 0.25) is 0 Å². The number of carbonyl (C=O) groups excluding carboxylic acids is 1. The van der Waals surface area contributed by atoms with E-state index in [1.54, 1.807) is 24.4 Å². The molecule has 0 aliphatic heterocycles. The molecule has 0 unspecified atom stereocenters. The summed E-state index contributed by atoms with van der Waals surface area (Å²) >= 11 is 0. The Balaban J connectivity index is 1.63. The van der Waals surface area contributed by atoms with Crippen LogP contribution in [0.25, 0.3) is 16.8 Å². The van der Waals surface area contributed by atoms with Gasteiger partial charge in [-0.05, 0) is 55.3 Å². The molecule has 6 heteroatoms. The second-order valence-corrected chi connectivity index (χ2v) is 6.51. The Hall–Kier alpha value is -3.67. The average molecular weight is 357 g/mol. The highest BCUT2D eigenvalue weighted by atomic mass is 16.1. The van der Waals surface area contributed by atoms with Gasteiger partial charge in [0, 0.05) is 29.7 Å². The normalized spacial score (nSPS) is 10.9. The molecule has 0 bridgehead atoms. The Morgan fingerprint density at radius 2 is 1.85 bits per heavy atom. The quantitative estimate of drug-likeness (QED) is 0.583. The molecule has 0 spiro atoms. The number of benzene rings is 1. The number of nitrogen functional groups attached to an aromatic ring is 1. The van der Waals surface area contributed by atoms with Crippen LogP contribution in [0.3, 0.4) is 0 Å². The van der Waals surface area contributed by atoms with Crippen LogP contribution in [-0.2, 0) is 0 Å². The topological polar surface area (TPSA) is 85.3 Å². The summed E-state index contributed by atoms with van der Waals surface area (Å²) in [7, 11) is 0. The lowest BCUT2D eigenvalue weighted by atomic mass is 10.0. The molecule has 1 amide bonds. The molecular weight excluding hydrogens is 338 g/mol. The zero-order valence-corrected chi connectivity index (χ0v) is 15.1. The molecule has 6 nitrogen and oxygen atoms in total. The summed E-state index contributed by atoms with van der Waals surface area (Å²) < 4.78 is 1.96. The first-order chi connectivity index (χ1) is 13.0. The maximum atomic E-state index is 12.4. The summed E-state index contributed by atoms with van der Waals surface area (Å²) in [6, 6.07) is 13.0. The molecule has 27 heavy (non-hydrogen) atoms. The molecule has 0 saturated carbocycles. The van der Waals surface area contributed by atoms with Crippen molar-refractivity contribution in [1.29, 1.82) is 0 Å². The number of nitrogens with zero attached hydrogens (tertiary/aromatic N) is 3. The fourth-order valence-corrected chi connectivity index (χ4v) is 3.02. The van der Waals surface area contributed by atoms with E-state index in [9.17, 15) is 4.79 Å². The highest BCUT2D eigenvalue weighted by Crippen LogP contribution is 2.29. The third kappa shape index (κ3) is 3.25. The van der Waals surface area contributed by atoms with E-state index in [-0.39, 0.29) is 5.91 Å². The van der Waals surface area contributed by atoms with Crippen molar-refractivity contribution in [2.75, 3.05) is 11.1 Å². The lowest BCUT2D eigenvalue weighted by Gasteiger charge is -2.11. The number of fused-ring (bicyclic) bond motifs is 1. The van der Waals surface area contributed by atoms with Crippen LogP contribution in [0.1, 0.15) is 21.5 Å². The highest BCUT2D eigenvalue weighted by Gasteiger charge is 2.12. The van der Waals surface area contributed by atoms with Crippen LogP contribution >= 0.6 is 0 Å². The van der Waals surface area contributed by atoms with Crippen LogP contribution in [0.5, 0.6) is 0 Å². The van der Waals surface area contributed by atoms with Gasteiger partial charge in [-0.1, -0.05) is 17.7 Å². The number of amides is 1. The number of hydrogen-bond donors (Lipinski definition) is 2. The lowest BCUT2D eigenvalue weighted by Crippen LogP contribution is -2.13. The van der Waals surface area contributed by atoms with E-state index in [0.717, 1.165) is 27.9 Å². The second kappa shape index (κ2) is 6.57. The standard InChI is InChI=1S/C21H19N5O/c1-13-3-5-15(6-4-13)21(27)25-18-8-7-16(20(22)24-18)17-11-19-23-9-10-26(19)12-14(17)2/h3-12H,1-2H3,(H3,22,24,25,27). The largest absolute Gasteiger partial charge is 0.383 e. The molecule has 0 atom stereocenters. The van der Waals surface area contributed by atoms with Gasteiger partial charge in [-0.2, -0.15) is 0 Å². The minimum Gasteiger partial charge on any atom is -0.383 e. The number of nitrogens with two attached hydrogens (primary N) is 1. The maximum absolute atomic E-state index is 12.4. The Morgan fingerprint density at radius 3 is 2.59 bits per heavy atom. The summed E-state index contributed by atoms with van der Waals surface area (Å²) in [6.07, 6.45) is 5.66. The number of carbonyl (C=O) groups is 1. The monoisotopic (exact) mass is 357 g/mol. The van der Waals surface area contributed by atoms with Gasteiger partial charge in [-0.25, -0.2) is 9.97 Å². The SMILES string of the molecule is Cc1ccc(C(=O)Nc2ccc(-c3cc4nccn4cc3C)c(N)n2)cc1. The van der Waals surface area contributed by atoms with E-state index in [1.807, 2.05) is 54.9 Å². The molecule has 0 aliphatic carbocycles. The Labute approximate surface area is 156 Å². The van der Waals surface area contributed by atoms with Crippen molar-refractivity contribution in [1.82, 2.24) is 14.4 Å². The van der Waals surface area contributed by atoms with E-state index >= 15 is 0 Å². The number of aryl methyl sites for hydroxylation is 2. The number of aromatic nitrogens is 3. The van der Waals surface area contributed by atoms with Gasteiger partial charge in [0.05, 0.1) is 0 Å². The zero-order valence-electron chi connectivity index (χ0n) is 15.1.